The van der Waals surface area contributed by atoms with E-state index in [0.29, 0.717) is 36.9 Å². The number of ether oxygens (including phenoxy) is 2. The van der Waals surface area contributed by atoms with E-state index in [1.807, 2.05) is 18.2 Å². The third-order valence-corrected chi connectivity index (χ3v) is 4.54. The number of halogens is 3. The first-order valence-corrected chi connectivity index (χ1v) is 8.34. The van der Waals surface area contributed by atoms with Crippen LogP contribution >= 0.6 is 36.4 Å². The van der Waals surface area contributed by atoms with Crippen LogP contribution in [0.3, 0.4) is 0 Å². The van der Waals surface area contributed by atoms with Crippen LogP contribution < -0.4 is 16.0 Å². The van der Waals surface area contributed by atoms with Gasteiger partial charge in [-0.1, -0.05) is 17.7 Å². The molecule has 0 unspecified atom stereocenters. The van der Waals surface area contributed by atoms with Crippen LogP contribution in [0.15, 0.2) is 18.2 Å². The lowest BCUT2D eigenvalue weighted by molar-refractivity contribution is -0.126. The second kappa shape index (κ2) is 10.4. The van der Waals surface area contributed by atoms with Crippen LogP contribution in [0.5, 0.6) is 0 Å². The standard InChI is InChI=1S/C16H22ClN3O3.2ClH/c17-12-2-1-3-13(15(12)20-6-8-22-9-7-20)19-16(21)14-5-4-11(10-18)23-14;;/h1-3,11,14H,4-10,18H2,(H,19,21);2*1H/t11-,14+;;/m1../s1. The van der Waals surface area contributed by atoms with Gasteiger partial charge < -0.3 is 25.4 Å². The van der Waals surface area contributed by atoms with Crippen molar-refractivity contribution >= 4 is 53.7 Å². The molecule has 2 aliphatic heterocycles. The van der Waals surface area contributed by atoms with Crippen molar-refractivity contribution in [2.24, 2.45) is 5.73 Å². The zero-order chi connectivity index (χ0) is 16.2. The molecule has 0 aromatic heterocycles. The Bertz CT molecular complexity index is 571. The van der Waals surface area contributed by atoms with E-state index in [1.54, 1.807) is 0 Å². The Hall–Kier alpha value is -0.760. The molecule has 3 rings (SSSR count). The van der Waals surface area contributed by atoms with Gasteiger partial charge in [0.25, 0.3) is 5.91 Å². The molecule has 6 nitrogen and oxygen atoms in total. The Balaban J connectivity index is 0.00000156. The van der Waals surface area contributed by atoms with E-state index >= 15 is 0 Å². The molecule has 9 heteroatoms. The van der Waals surface area contributed by atoms with E-state index in [9.17, 15) is 4.79 Å². The molecule has 2 aliphatic rings. The number of para-hydroxylation sites is 1. The number of hydrogen-bond acceptors (Lipinski definition) is 5. The average Bonchev–Trinajstić information content (AvgIpc) is 3.05. The minimum absolute atomic E-state index is 0. The molecular formula is C16H24Cl3N3O3. The summed E-state index contributed by atoms with van der Waals surface area (Å²) in [4.78, 5) is 14.6. The van der Waals surface area contributed by atoms with Crippen molar-refractivity contribution in [1.82, 2.24) is 0 Å². The molecule has 0 bridgehead atoms. The molecule has 3 N–H and O–H groups in total. The molecule has 2 atom stereocenters. The predicted molar refractivity (Wildman–Crippen MR) is 105 cm³/mol. The number of carbonyl (C=O) groups excluding carboxylic acids is 1. The average molecular weight is 413 g/mol. The van der Waals surface area contributed by atoms with Gasteiger partial charge in [0.15, 0.2) is 0 Å². The van der Waals surface area contributed by atoms with Crippen molar-refractivity contribution in [2.75, 3.05) is 43.1 Å². The van der Waals surface area contributed by atoms with Gasteiger partial charge >= 0.3 is 0 Å². The first kappa shape index (κ1) is 22.3. The summed E-state index contributed by atoms with van der Waals surface area (Å²) in [6, 6.07) is 5.53. The number of benzene rings is 1. The quantitative estimate of drug-likeness (QED) is 0.794. The number of morpholine rings is 1. The maximum Gasteiger partial charge on any atom is 0.253 e. The molecule has 0 saturated carbocycles. The van der Waals surface area contributed by atoms with Crippen LogP contribution in [-0.4, -0.2) is 51.0 Å². The fraction of sp³-hybridized carbons (Fsp3) is 0.562. The van der Waals surface area contributed by atoms with E-state index in [-0.39, 0.29) is 36.8 Å². The number of hydrogen-bond donors (Lipinski definition) is 2. The molecule has 2 saturated heterocycles. The lowest BCUT2D eigenvalue weighted by atomic mass is 10.1. The maximum atomic E-state index is 12.5. The van der Waals surface area contributed by atoms with Gasteiger partial charge in [0.1, 0.15) is 6.10 Å². The number of rotatable bonds is 4. The zero-order valence-corrected chi connectivity index (χ0v) is 16.2. The van der Waals surface area contributed by atoms with Crippen molar-refractivity contribution < 1.29 is 14.3 Å². The summed E-state index contributed by atoms with van der Waals surface area (Å²) in [5.74, 6) is -0.141. The minimum atomic E-state index is -0.444. The van der Waals surface area contributed by atoms with Crippen LogP contribution in [0.4, 0.5) is 11.4 Å². The Morgan fingerprint density at radius 3 is 2.64 bits per heavy atom. The fourth-order valence-corrected chi connectivity index (χ4v) is 3.30. The molecule has 2 heterocycles. The number of nitrogens with one attached hydrogen (secondary N) is 1. The fourth-order valence-electron chi connectivity index (χ4n) is 3.01. The highest BCUT2D eigenvalue weighted by molar-refractivity contribution is 6.34. The third-order valence-electron chi connectivity index (χ3n) is 4.23. The van der Waals surface area contributed by atoms with Crippen LogP contribution in [0.2, 0.25) is 5.02 Å². The number of nitrogens with zero attached hydrogens (tertiary/aromatic N) is 1. The van der Waals surface area contributed by atoms with Crippen LogP contribution in [0, 0.1) is 0 Å². The second-order valence-corrected chi connectivity index (χ2v) is 6.19. The van der Waals surface area contributed by atoms with E-state index in [4.69, 9.17) is 26.8 Å². The molecule has 25 heavy (non-hydrogen) atoms. The highest BCUT2D eigenvalue weighted by atomic mass is 35.5. The first-order chi connectivity index (χ1) is 11.2. The highest BCUT2D eigenvalue weighted by Gasteiger charge is 2.30. The summed E-state index contributed by atoms with van der Waals surface area (Å²) in [5, 5.41) is 3.59. The van der Waals surface area contributed by atoms with Crippen molar-refractivity contribution in [3.8, 4) is 0 Å². The highest BCUT2D eigenvalue weighted by Crippen LogP contribution is 2.35. The maximum absolute atomic E-state index is 12.5. The van der Waals surface area contributed by atoms with Crippen molar-refractivity contribution in [3.05, 3.63) is 23.2 Å². The monoisotopic (exact) mass is 411 g/mol. The lowest BCUT2D eigenvalue weighted by Gasteiger charge is -2.31. The zero-order valence-electron chi connectivity index (χ0n) is 13.8. The number of amides is 1. The molecule has 0 radical (unpaired) electrons. The molecule has 1 aromatic carbocycles. The van der Waals surface area contributed by atoms with E-state index in [0.717, 1.165) is 25.2 Å². The van der Waals surface area contributed by atoms with Gasteiger partial charge in [0.05, 0.1) is 35.7 Å². The summed E-state index contributed by atoms with van der Waals surface area (Å²) in [6.45, 7) is 3.26. The molecule has 0 aliphatic carbocycles. The van der Waals surface area contributed by atoms with Gasteiger partial charge in [-0.05, 0) is 25.0 Å². The molecule has 0 spiro atoms. The number of nitrogens with two attached hydrogens (primary N) is 1. The van der Waals surface area contributed by atoms with Gasteiger partial charge in [-0.2, -0.15) is 0 Å². The summed E-state index contributed by atoms with van der Waals surface area (Å²) in [7, 11) is 0. The van der Waals surface area contributed by atoms with Crippen molar-refractivity contribution in [2.45, 2.75) is 25.0 Å². The number of anilines is 2. The summed E-state index contributed by atoms with van der Waals surface area (Å²) in [5.41, 5.74) is 7.16. The summed E-state index contributed by atoms with van der Waals surface area (Å²) in [6.07, 6.45) is 1.05. The van der Waals surface area contributed by atoms with Crippen LogP contribution in [0.25, 0.3) is 0 Å². The van der Waals surface area contributed by atoms with Crippen molar-refractivity contribution in [3.63, 3.8) is 0 Å². The summed E-state index contributed by atoms with van der Waals surface area (Å²) >= 11 is 6.37. The predicted octanol–water partition coefficient (Wildman–Crippen LogP) is 2.47. The Morgan fingerprint density at radius 1 is 1.28 bits per heavy atom. The lowest BCUT2D eigenvalue weighted by Crippen LogP contribution is -2.37. The van der Waals surface area contributed by atoms with E-state index in [2.05, 4.69) is 10.2 Å². The van der Waals surface area contributed by atoms with Crippen LogP contribution in [0.1, 0.15) is 12.8 Å². The minimum Gasteiger partial charge on any atom is -0.378 e. The van der Waals surface area contributed by atoms with Crippen LogP contribution in [-0.2, 0) is 14.3 Å². The van der Waals surface area contributed by atoms with Gasteiger partial charge in [-0.3, -0.25) is 4.79 Å². The first-order valence-electron chi connectivity index (χ1n) is 7.96. The number of carbonyl (C=O) groups is 1. The topological polar surface area (TPSA) is 76.8 Å². The van der Waals surface area contributed by atoms with Gasteiger partial charge in [0, 0.05) is 19.6 Å². The van der Waals surface area contributed by atoms with Gasteiger partial charge in [-0.15, -0.1) is 24.8 Å². The Morgan fingerprint density at radius 2 is 2.00 bits per heavy atom. The normalized spacial score (nSPS) is 22.7. The molecular weight excluding hydrogens is 389 g/mol. The largest absolute Gasteiger partial charge is 0.378 e. The van der Waals surface area contributed by atoms with Gasteiger partial charge in [0.2, 0.25) is 0 Å². The summed E-state index contributed by atoms with van der Waals surface area (Å²) < 4.78 is 11.0. The molecule has 1 aromatic rings. The molecule has 2 fully saturated rings. The van der Waals surface area contributed by atoms with E-state index in [1.165, 1.54) is 0 Å². The Labute approximate surface area is 165 Å². The third kappa shape index (κ3) is 5.36. The molecule has 1 amide bonds. The SMILES string of the molecule is Cl.Cl.NC[C@H]1CC[C@@H](C(=O)Nc2cccc(Cl)c2N2CCOCC2)O1. The van der Waals surface area contributed by atoms with E-state index < -0.39 is 6.10 Å². The molecule has 142 valence electrons. The Kier molecular flexibility index (Phi) is 9.27. The smallest absolute Gasteiger partial charge is 0.253 e. The van der Waals surface area contributed by atoms with Gasteiger partial charge in [-0.25, -0.2) is 0 Å². The van der Waals surface area contributed by atoms with Crippen molar-refractivity contribution in [1.29, 1.82) is 0 Å². The second-order valence-electron chi connectivity index (χ2n) is 5.78.